The highest BCUT2D eigenvalue weighted by molar-refractivity contribution is 7.19. The second-order valence-corrected chi connectivity index (χ2v) is 7.76. The van der Waals surface area contributed by atoms with Crippen molar-refractivity contribution in [1.82, 2.24) is 4.98 Å². The Morgan fingerprint density at radius 1 is 0.964 bits per heavy atom. The molecule has 28 heavy (non-hydrogen) atoms. The lowest BCUT2D eigenvalue weighted by atomic mass is 10.1. The number of carbonyl (C=O) groups is 2. The van der Waals surface area contributed by atoms with Crippen molar-refractivity contribution in [1.29, 1.82) is 0 Å². The van der Waals surface area contributed by atoms with Gasteiger partial charge in [-0.2, -0.15) is 0 Å². The zero-order chi connectivity index (χ0) is 19.7. The van der Waals surface area contributed by atoms with Gasteiger partial charge in [0.2, 0.25) is 0 Å². The normalized spacial score (nSPS) is 10.8. The van der Waals surface area contributed by atoms with Gasteiger partial charge in [-0.05, 0) is 36.4 Å². The second-order valence-electron chi connectivity index (χ2n) is 6.04. The van der Waals surface area contributed by atoms with Crippen molar-refractivity contribution >= 4 is 51.3 Å². The van der Waals surface area contributed by atoms with E-state index in [1.54, 1.807) is 36.4 Å². The number of hydrogen-bond donors (Lipinski definition) is 2. The molecule has 0 aliphatic rings. The molecule has 5 nitrogen and oxygen atoms in total. The minimum atomic E-state index is -0.607. The Balaban J connectivity index is 1.81. The van der Waals surface area contributed by atoms with Crippen LogP contribution >= 0.6 is 22.9 Å². The number of rotatable bonds is 4. The number of para-hydroxylation sites is 2. The van der Waals surface area contributed by atoms with E-state index in [4.69, 9.17) is 17.3 Å². The predicted molar refractivity (Wildman–Crippen MR) is 113 cm³/mol. The number of carbonyl (C=O) groups excluding carboxylic acids is 2. The molecule has 0 radical (unpaired) electrons. The van der Waals surface area contributed by atoms with Crippen molar-refractivity contribution in [3.8, 4) is 10.6 Å². The molecule has 2 aromatic heterocycles. The minimum absolute atomic E-state index is 0.250. The van der Waals surface area contributed by atoms with Crippen LogP contribution in [-0.2, 0) is 0 Å². The fraction of sp³-hybridized carbons (Fsp3) is 0. The number of aromatic nitrogens is 1. The minimum Gasteiger partial charge on any atom is -0.366 e. The van der Waals surface area contributed by atoms with Crippen LogP contribution in [0.5, 0.6) is 0 Å². The molecule has 0 aliphatic heterocycles. The topological polar surface area (TPSA) is 85.1 Å². The van der Waals surface area contributed by atoms with Gasteiger partial charge in [0.15, 0.2) is 0 Å². The van der Waals surface area contributed by atoms with Gasteiger partial charge in [-0.25, -0.2) is 4.98 Å². The molecule has 4 rings (SSSR count). The Morgan fingerprint density at radius 3 is 2.46 bits per heavy atom. The maximum absolute atomic E-state index is 13.1. The molecule has 138 valence electrons. The lowest BCUT2D eigenvalue weighted by Crippen LogP contribution is -2.18. The summed E-state index contributed by atoms with van der Waals surface area (Å²) in [5, 5.41) is 3.51. The van der Waals surface area contributed by atoms with Crippen molar-refractivity contribution in [3.05, 3.63) is 82.2 Å². The number of nitrogens with two attached hydrogens (primary N) is 1. The highest BCUT2D eigenvalue weighted by Gasteiger charge is 2.17. The van der Waals surface area contributed by atoms with Crippen LogP contribution in [0.2, 0.25) is 4.34 Å². The van der Waals surface area contributed by atoms with Crippen LogP contribution in [-0.4, -0.2) is 16.8 Å². The molecule has 0 saturated heterocycles. The smallest absolute Gasteiger partial charge is 0.256 e. The molecule has 0 atom stereocenters. The van der Waals surface area contributed by atoms with Gasteiger partial charge in [0.1, 0.15) is 0 Å². The molecule has 0 fully saturated rings. The molecule has 0 unspecified atom stereocenters. The van der Waals surface area contributed by atoms with E-state index < -0.39 is 5.91 Å². The highest BCUT2D eigenvalue weighted by Crippen LogP contribution is 2.32. The Hall–Kier alpha value is -3.22. The van der Waals surface area contributed by atoms with Gasteiger partial charge in [0.05, 0.1) is 37.2 Å². The third-order valence-corrected chi connectivity index (χ3v) is 5.48. The third kappa shape index (κ3) is 3.47. The molecule has 0 bridgehead atoms. The van der Waals surface area contributed by atoms with Crippen LogP contribution < -0.4 is 11.1 Å². The van der Waals surface area contributed by atoms with Gasteiger partial charge in [-0.1, -0.05) is 41.9 Å². The monoisotopic (exact) mass is 407 g/mol. The van der Waals surface area contributed by atoms with E-state index in [1.165, 1.54) is 11.3 Å². The van der Waals surface area contributed by atoms with Crippen LogP contribution in [0.3, 0.4) is 0 Å². The van der Waals surface area contributed by atoms with Crippen LogP contribution in [0.25, 0.3) is 21.5 Å². The largest absolute Gasteiger partial charge is 0.366 e. The number of nitrogens with one attached hydrogen (secondary N) is 1. The van der Waals surface area contributed by atoms with Crippen molar-refractivity contribution in [3.63, 3.8) is 0 Å². The van der Waals surface area contributed by atoms with Crippen LogP contribution in [0.1, 0.15) is 20.7 Å². The second kappa shape index (κ2) is 7.42. The Morgan fingerprint density at radius 2 is 1.71 bits per heavy atom. The quantitative estimate of drug-likeness (QED) is 0.501. The fourth-order valence-corrected chi connectivity index (χ4v) is 3.94. The SMILES string of the molecule is NC(=O)c1ccccc1NC(=O)c1cc(-c2ccc(Cl)s2)nc2ccccc12. The van der Waals surface area contributed by atoms with Gasteiger partial charge in [0.25, 0.3) is 11.8 Å². The summed E-state index contributed by atoms with van der Waals surface area (Å²) in [5.41, 5.74) is 7.82. The molecule has 2 aromatic carbocycles. The number of halogens is 1. The highest BCUT2D eigenvalue weighted by atomic mass is 35.5. The van der Waals surface area contributed by atoms with Crippen molar-refractivity contribution in [2.24, 2.45) is 5.73 Å². The first kappa shape index (κ1) is 18.2. The number of hydrogen-bond acceptors (Lipinski definition) is 4. The molecule has 3 N–H and O–H groups in total. The van der Waals surface area contributed by atoms with Crippen molar-refractivity contribution < 1.29 is 9.59 Å². The number of thiophene rings is 1. The van der Waals surface area contributed by atoms with Crippen molar-refractivity contribution in [2.75, 3.05) is 5.32 Å². The molecule has 7 heteroatoms. The molecule has 0 aliphatic carbocycles. The fourth-order valence-electron chi connectivity index (χ4n) is 2.94. The van der Waals surface area contributed by atoms with E-state index in [2.05, 4.69) is 10.3 Å². The molecule has 0 saturated carbocycles. The molecule has 2 heterocycles. The number of anilines is 1. The van der Waals surface area contributed by atoms with E-state index in [1.807, 2.05) is 30.3 Å². The zero-order valence-electron chi connectivity index (χ0n) is 14.5. The van der Waals surface area contributed by atoms with E-state index >= 15 is 0 Å². The summed E-state index contributed by atoms with van der Waals surface area (Å²) in [5.74, 6) is -0.958. The number of fused-ring (bicyclic) bond motifs is 1. The zero-order valence-corrected chi connectivity index (χ0v) is 16.1. The number of primary amides is 1. The molecule has 4 aromatic rings. The van der Waals surface area contributed by atoms with Crippen LogP contribution in [0.15, 0.2) is 66.7 Å². The van der Waals surface area contributed by atoms with Crippen LogP contribution in [0.4, 0.5) is 5.69 Å². The lowest BCUT2D eigenvalue weighted by Gasteiger charge is -2.11. The summed E-state index contributed by atoms with van der Waals surface area (Å²) in [6.45, 7) is 0. The molecular weight excluding hydrogens is 394 g/mol. The summed E-state index contributed by atoms with van der Waals surface area (Å²) < 4.78 is 0.645. The summed E-state index contributed by atoms with van der Waals surface area (Å²) in [7, 11) is 0. The van der Waals surface area contributed by atoms with Gasteiger partial charge in [-0.15, -0.1) is 11.3 Å². The number of pyridine rings is 1. The number of nitrogens with zero attached hydrogens (tertiary/aromatic N) is 1. The van der Waals surface area contributed by atoms with Gasteiger partial charge >= 0.3 is 0 Å². The first-order valence-electron chi connectivity index (χ1n) is 8.38. The predicted octanol–water partition coefficient (Wildman–Crippen LogP) is 4.97. The maximum Gasteiger partial charge on any atom is 0.256 e. The van der Waals surface area contributed by atoms with E-state index in [0.29, 0.717) is 32.2 Å². The van der Waals surface area contributed by atoms with E-state index in [-0.39, 0.29) is 11.5 Å². The van der Waals surface area contributed by atoms with Crippen LogP contribution in [0, 0.1) is 0 Å². The summed E-state index contributed by atoms with van der Waals surface area (Å²) in [6, 6.07) is 19.4. The first-order valence-corrected chi connectivity index (χ1v) is 9.58. The average Bonchev–Trinajstić information content (AvgIpc) is 3.13. The maximum atomic E-state index is 13.1. The Bertz CT molecular complexity index is 1220. The standard InChI is InChI=1S/C21H14ClN3O2S/c22-19-10-9-18(28-19)17-11-14(12-5-1-3-7-15(12)24-17)21(27)25-16-8-4-2-6-13(16)20(23)26/h1-11H,(H2,23,26)(H,25,27). The lowest BCUT2D eigenvalue weighted by molar-refractivity contribution is 0.100. The average molecular weight is 408 g/mol. The molecule has 2 amide bonds. The summed E-state index contributed by atoms with van der Waals surface area (Å²) >= 11 is 7.44. The first-order chi connectivity index (χ1) is 13.5. The summed E-state index contributed by atoms with van der Waals surface area (Å²) in [4.78, 5) is 30.2. The molecule has 0 spiro atoms. The van der Waals surface area contributed by atoms with E-state index in [9.17, 15) is 9.59 Å². The number of benzene rings is 2. The molecular formula is C21H14ClN3O2S. The van der Waals surface area contributed by atoms with E-state index in [0.717, 1.165) is 4.88 Å². The third-order valence-electron chi connectivity index (χ3n) is 4.23. The Labute approximate surface area is 169 Å². The Kier molecular flexibility index (Phi) is 4.81. The van der Waals surface area contributed by atoms with Gasteiger partial charge in [-0.3, -0.25) is 9.59 Å². The summed E-state index contributed by atoms with van der Waals surface area (Å²) in [6.07, 6.45) is 0. The van der Waals surface area contributed by atoms with Gasteiger partial charge in [0, 0.05) is 5.39 Å². The van der Waals surface area contributed by atoms with Crippen molar-refractivity contribution in [2.45, 2.75) is 0 Å². The number of amides is 2. The van der Waals surface area contributed by atoms with Gasteiger partial charge < -0.3 is 11.1 Å².